The van der Waals surface area contributed by atoms with E-state index in [1.54, 1.807) is 28.9 Å². The molecule has 7 nitrogen and oxygen atoms in total. The predicted molar refractivity (Wildman–Crippen MR) is 127 cm³/mol. The monoisotopic (exact) mass is 471 g/mol. The topological polar surface area (TPSA) is 88.0 Å². The third-order valence-electron chi connectivity index (χ3n) is 5.18. The molecule has 1 aliphatic heterocycles. The van der Waals surface area contributed by atoms with Gasteiger partial charge in [0.05, 0.1) is 27.1 Å². The average Bonchev–Trinajstić information content (AvgIpc) is 3.15. The molecule has 166 valence electrons. The van der Waals surface area contributed by atoms with Gasteiger partial charge < -0.3 is 10.6 Å². The number of aromatic nitrogens is 2. The van der Waals surface area contributed by atoms with Crippen molar-refractivity contribution in [3.8, 4) is 5.69 Å². The molecule has 1 aliphatic rings. The molecular formula is C23H23Cl2N5O2. The Balaban J connectivity index is 1.68. The maximum Gasteiger partial charge on any atom is 0.324 e. The molecule has 0 saturated heterocycles. The average molecular weight is 472 g/mol. The molecule has 4 rings (SSSR count). The fourth-order valence-corrected chi connectivity index (χ4v) is 3.80. The fourth-order valence-electron chi connectivity index (χ4n) is 3.45. The van der Waals surface area contributed by atoms with Crippen molar-refractivity contribution in [2.45, 2.75) is 32.6 Å². The molecule has 3 aromatic rings. The number of fused-ring (bicyclic) bond motifs is 1. The Labute approximate surface area is 196 Å². The van der Waals surface area contributed by atoms with Gasteiger partial charge in [0.15, 0.2) is 0 Å². The first kappa shape index (κ1) is 22.2. The minimum absolute atomic E-state index is 0.0789. The lowest BCUT2D eigenvalue weighted by atomic mass is 9.92. The minimum atomic E-state index is -0.479. The van der Waals surface area contributed by atoms with Crippen molar-refractivity contribution < 1.29 is 9.59 Å². The summed E-state index contributed by atoms with van der Waals surface area (Å²) in [6.45, 7) is 6.74. The van der Waals surface area contributed by atoms with Crippen molar-refractivity contribution in [2.75, 3.05) is 17.2 Å². The molecule has 1 aromatic heterocycles. The van der Waals surface area contributed by atoms with E-state index in [1.807, 2.05) is 39.0 Å². The summed E-state index contributed by atoms with van der Waals surface area (Å²) in [4.78, 5) is 24.8. The molecule has 0 aliphatic carbocycles. The van der Waals surface area contributed by atoms with Crippen LogP contribution in [0, 0.1) is 0 Å². The zero-order valence-electron chi connectivity index (χ0n) is 17.9. The SMILES string of the molecule is CC(C)(C)c1cc(NC(=O)Nc2cccc(Cl)c2Cl)n(-c2ccc3c(c2)CCNC3=O)n1. The van der Waals surface area contributed by atoms with Crippen molar-refractivity contribution in [1.29, 1.82) is 0 Å². The summed E-state index contributed by atoms with van der Waals surface area (Å²) in [5.74, 6) is 0.413. The molecule has 3 N–H and O–H groups in total. The van der Waals surface area contributed by atoms with Crippen molar-refractivity contribution >= 4 is 46.6 Å². The van der Waals surface area contributed by atoms with E-state index < -0.39 is 6.03 Å². The Kier molecular flexibility index (Phi) is 5.88. The first-order chi connectivity index (χ1) is 15.1. The molecule has 0 spiro atoms. The van der Waals surface area contributed by atoms with E-state index in [1.165, 1.54) is 0 Å². The first-order valence-corrected chi connectivity index (χ1v) is 10.9. The van der Waals surface area contributed by atoms with Gasteiger partial charge in [-0.3, -0.25) is 10.1 Å². The van der Waals surface area contributed by atoms with Crippen molar-refractivity contribution in [3.05, 3.63) is 69.3 Å². The summed E-state index contributed by atoms with van der Waals surface area (Å²) < 4.78 is 1.67. The summed E-state index contributed by atoms with van der Waals surface area (Å²) in [5.41, 5.74) is 3.33. The van der Waals surface area contributed by atoms with Gasteiger partial charge in [0.2, 0.25) is 0 Å². The van der Waals surface area contributed by atoms with Crippen LogP contribution in [0.1, 0.15) is 42.4 Å². The van der Waals surface area contributed by atoms with Gasteiger partial charge in [0, 0.05) is 23.6 Å². The van der Waals surface area contributed by atoms with Crippen LogP contribution in [0.2, 0.25) is 10.0 Å². The molecule has 0 atom stereocenters. The Morgan fingerprint density at radius 1 is 1.12 bits per heavy atom. The second-order valence-corrected chi connectivity index (χ2v) is 9.39. The van der Waals surface area contributed by atoms with Crippen molar-refractivity contribution in [1.82, 2.24) is 15.1 Å². The molecule has 32 heavy (non-hydrogen) atoms. The van der Waals surface area contributed by atoms with Crippen LogP contribution in [0.4, 0.5) is 16.3 Å². The van der Waals surface area contributed by atoms with Gasteiger partial charge in [-0.25, -0.2) is 9.48 Å². The standard InChI is InChI=1S/C23H23Cl2N5O2/c1-23(2,3)18-12-19(28-22(32)27-17-6-4-5-16(24)20(17)25)30(29-18)14-7-8-15-13(11-14)9-10-26-21(15)31/h4-8,11-12H,9-10H2,1-3H3,(H,26,31)(H2,27,28,32). The Morgan fingerprint density at radius 2 is 1.91 bits per heavy atom. The molecule has 3 amide bonds. The fraction of sp³-hybridized carbons (Fsp3) is 0.261. The number of anilines is 2. The molecular weight excluding hydrogens is 449 g/mol. The molecule has 0 radical (unpaired) electrons. The number of urea groups is 1. The number of benzene rings is 2. The molecule has 0 bridgehead atoms. The van der Waals surface area contributed by atoms with Crippen molar-refractivity contribution in [3.63, 3.8) is 0 Å². The Bertz CT molecular complexity index is 1210. The second kappa shape index (κ2) is 8.48. The second-order valence-electron chi connectivity index (χ2n) is 8.60. The van der Waals surface area contributed by atoms with Crippen LogP contribution in [0.25, 0.3) is 5.69 Å². The van der Waals surface area contributed by atoms with Crippen LogP contribution in [-0.2, 0) is 11.8 Å². The van der Waals surface area contributed by atoms with Crippen LogP contribution in [0.5, 0.6) is 0 Å². The van der Waals surface area contributed by atoms with Crippen LogP contribution >= 0.6 is 23.2 Å². The van der Waals surface area contributed by atoms with E-state index in [0.717, 1.165) is 23.4 Å². The summed E-state index contributed by atoms with van der Waals surface area (Å²) in [6, 6.07) is 11.9. The number of amides is 3. The molecule has 0 fully saturated rings. The third kappa shape index (κ3) is 4.45. The number of carbonyl (C=O) groups is 2. The number of nitrogens with one attached hydrogen (secondary N) is 3. The normalized spacial score (nSPS) is 13.3. The van der Waals surface area contributed by atoms with Crippen LogP contribution in [0.15, 0.2) is 42.5 Å². The summed E-state index contributed by atoms with van der Waals surface area (Å²) in [6.07, 6.45) is 0.735. The highest BCUT2D eigenvalue weighted by molar-refractivity contribution is 6.44. The Hall–Kier alpha value is -3.03. The van der Waals surface area contributed by atoms with Gasteiger partial charge in [-0.2, -0.15) is 5.10 Å². The van der Waals surface area contributed by atoms with Crippen LogP contribution < -0.4 is 16.0 Å². The highest BCUT2D eigenvalue weighted by atomic mass is 35.5. The largest absolute Gasteiger partial charge is 0.352 e. The number of nitrogens with zero attached hydrogens (tertiary/aromatic N) is 2. The number of carbonyl (C=O) groups excluding carboxylic acids is 2. The number of hydrogen-bond acceptors (Lipinski definition) is 3. The van der Waals surface area contributed by atoms with Crippen LogP contribution in [-0.4, -0.2) is 28.3 Å². The Morgan fingerprint density at radius 3 is 2.66 bits per heavy atom. The molecule has 9 heteroatoms. The van der Waals surface area contributed by atoms with E-state index >= 15 is 0 Å². The maximum absolute atomic E-state index is 12.7. The lowest BCUT2D eigenvalue weighted by Gasteiger charge is -2.18. The van der Waals surface area contributed by atoms with Gasteiger partial charge in [-0.1, -0.05) is 50.0 Å². The van der Waals surface area contributed by atoms with E-state index in [2.05, 4.69) is 16.0 Å². The number of halogens is 2. The lowest BCUT2D eigenvalue weighted by molar-refractivity contribution is 0.0946. The zero-order chi connectivity index (χ0) is 23.0. The van der Waals surface area contributed by atoms with Gasteiger partial charge in [-0.05, 0) is 42.3 Å². The van der Waals surface area contributed by atoms with Gasteiger partial charge in [-0.15, -0.1) is 0 Å². The molecule has 2 aromatic carbocycles. The van der Waals surface area contributed by atoms with E-state index in [0.29, 0.717) is 28.6 Å². The molecule has 0 saturated carbocycles. The summed E-state index contributed by atoms with van der Waals surface area (Å²) >= 11 is 12.2. The smallest absolute Gasteiger partial charge is 0.324 e. The van der Waals surface area contributed by atoms with Crippen molar-refractivity contribution in [2.24, 2.45) is 0 Å². The minimum Gasteiger partial charge on any atom is -0.352 e. The summed E-state index contributed by atoms with van der Waals surface area (Å²) in [7, 11) is 0. The zero-order valence-corrected chi connectivity index (χ0v) is 19.4. The van der Waals surface area contributed by atoms with E-state index in [-0.39, 0.29) is 16.3 Å². The van der Waals surface area contributed by atoms with Gasteiger partial charge in [0.25, 0.3) is 5.91 Å². The highest BCUT2D eigenvalue weighted by Gasteiger charge is 2.23. The highest BCUT2D eigenvalue weighted by Crippen LogP contribution is 2.31. The van der Waals surface area contributed by atoms with Gasteiger partial charge >= 0.3 is 6.03 Å². The number of hydrogen-bond donors (Lipinski definition) is 3. The molecule has 2 heterocycles. The summed E-state index contributed by atoms with van der Waals surface area (Å²) in [5, 5.41) is 13.8. The molecule has 0 unspecified atom stereocenters. The predicted octanol–water partition coefficient (Wildman–Crippen LogP) is 5.41. The van der Waals surface area contributed by atoms with E-state index in [4.69, 9.17) is 28.3 Å². The van der Waals surface area contributed by atoms with Gasteiger partial charge in [0.1, 0.15) is 5.82 Å². The third-order valence-corrected chi connectivity index (χ3v) is 6.00. The van der Waals surface area contributed by atoms with E-state index in [9.17, 15) is 9.59 Å². The maximum atomic E-state index is 12.7. The first-order valence-electron chi connectivity index (χ1n) is 10.2. The quantitative estimate of drug-likeness (QED) is 0.477. The number of rotatable bonds is 3. The van der Waals surface area contributed by atoms with Crippen LogP contribution in [0.3, 0.4) is 0 Å². The lowest BCUT2D eigenvalue weighted by Crippen LogP contribution is -2.31.